The van der Waals surface area contributed by atoms with Crippen LogP contribution in [-0.2, 0) is 4.79 Å². The third kappa shape index (κ3) is 2.45. The van der Waals surface area contributed by atoms with Crippen LogP contribution in [0.5, 0.6) is 0 Å². The van der Waals surface area contributed by atoms with Crippen LogP contribution in [-0.4, -0.2) is 31.7 Å². The second-order valence-electron chi connectivity index (χ2n) is 3.56. The number of aliphatic carboxylic acids is 1. The van der Waals surface area contributed by atoms with Crippen molar-refractivity contribution in [2.45, 2.75) is 12.3 Å². The second-order valence-corrected chi connectivity index (χ2v) is 3.96. The Morgan fingerprint density at radius 3 is 2.89 bits per heavy atom. The van der Waals surface area contributed by atoms with Crippen LogP contribution < -0.4 is 0 Å². The van der Waals surface area contributed by atoms with Gasteiger partial charge in [-0.1, -0.05) is 22.9 Å². The maximum absolute atomic E-state index is 13.8. The van der Waals surface area contributed by atoms with Gasteiger partial charge in [0.25, 0.3) is 0 Å². The zero-order valence-electron chi connectivity index (χ0n) is 8.97. The number of hydrogen-bond donors (Lipinski definition) is 2. The van der Waals surface area contributed by atoms with E-state index in [1.807, 2.05) is 0 Å². The molecule has 0 saturated carbocycles. The third-order valence-electron chi connectivity index (χ3n) is 2.40. The summed E-state index contributed by atoms with van der Waals surface area (Å²) in [4.78, 5) is 10.8. The topological polar surface area (TPSA) is 91.8 Å². The molecule has 0 spiro atoms. The Balaban J connectivity index is 2.50. The van der Waals surface area contributed by atoms with Crippen molar-refractivity contribution < 1.29 is 14.3 Å². The highest BCUT2D eigenvalue weighted by Crippen LogP contribution is 2.32. The highest BCUT2D eigenvalue weighted by Gasteiger charge is 2.26. The number of nitrogens with one attached hydrogen (secondary N) is 1. The number of carboxylic acids is 1. The molecule has 2 rings (SSSR count). The molecule has 2 N–H and O–H groups in total. The Hall–Kier alpha value is -2.02. The van der Waals surface area contributed by atoms with E-state index < -0.39 is 17.7 Å². The largest absolute Gasteiger partial charge is 0.481 e. The fraction of sp³-hybridized carbons (Fsp3) is 0.200. The second kappa shape index (κ2) is 5.09. The number of tetrazole rings is 1. The molecule has 0 amide bonds. The van der Waals surface area contributed by atoms with Gasteiger partial charge in [0, 0.05) is 10.6 Å². The smallest absolute Gasteiger partial charge is 0.304 e. The fourth-order valence-corrected chi connectivity index (χ4v) is 1.95. The van der Waals surface area contributed by atoms with Crippen molar-refractivity contribution in [2.24, 2.45) is 0 Å². The van der Waals surface area contributed by atoms with Gasteiger partial charge < -0.3 is 5.11 Å². The molecule has 6 nitrogen and oxygen atoms in total. The summed E-state index contributed by atoms with van der Waals surface area (Å²) in [6.07, 6.45) is -0.375. The molecule has 0 fully saturated rings. The SMILES string of the molecule is O=C(O)CC(c1nn[nH]n1)c1c(F)cccc1Cl. The van der Waals surface area contributed by atoms with E-state index in [4.69, 9.17) is 16.7 Å². The number of hydrogen-bond acceptors (Lipinski definition) is 4. The zero-order valence-corrected chi connectivity index (χ0v) is 9.73. The van der Waals surface area contributed by atoms with Crippen LogP contribution in [0.4, 0.5) is 4.39 Å². The molecule has 0 radical (unpaired) electrons. The number of benzene rings is 1. The van der Waals surface area contributed by atoms with E-state index in [0.29, 0.717) is 0 Å². The molecule has 8 heteroatoms. The molecule has 0 aliphatic carbocycles. The monoisotopic (exact) mass is 270 g/mol. The minimum absolute atomic E-state index is 0.0583. The van der Waals surface area contributed by atoms with Crippen molar-refractivity contribution in [3.8, 4) is 0 Å². The van der Waals surface area contributed by atoms with E-state index in [9.17, 15) is 9.18 Å². The first-order valence-electron chi connectivity index (χ1n) is 4.98. The number of aromatic amines is 1. The van der Waals surface area contributed by atoms with Gasteiger partial charge in [0.15, 0.2) is 5.82 Å². The van der Waals surface area contributed by atoms with Crippen LogP contribution in [0.15, 0.2) is 18.2 Å². The van der Waals surface area contributed by atoms with Gasteiger partial charge in [0.1, 0.15) is 5.82 Å². The van der Waals surface area contributed by atoms with Crippen LogP contribution in [0.25, 0.3) is 0 Å². The summed E-state index contributed by atoms with van der Waals surface area (Å²) in [6.45, 7) is 0. The van der Waals surface area contributed by atoms with E-state index in [2.05, 4.69) is 20.6 Å². The number of halogens is 2. The summed E-state index contributed by atoms with van der Waals surface area (Å²) in [5, 5.41) is 21.9. The Kier molecular flexibility index (Phi) is 3.52. The van der Waals surface area contributed by atoms with Crippen LogP contribution in [0.3, 0.4) is 0 Å². The number of aromatic nitrogens is 4. The first-order chi connectivity index (χ1) is 8.59. The molecule has 0 saturated heterocycles. The molecule has 1 aromatic heterocycles. The van der Waals surface area contributed by atoms with Crippen molar-refractivity contribution in [3.63, 3.8) is 0 Å². The molecule has 1 unspecified atom stereocenters. The van der Waals surface area contributed by atoms with E-state index >= 15 is 0 Å². The van der Waals surface area contributed by atoms with Gasteiger partial charge in [-0.3, -0.25) is 4.79 Å². The summed E-state index contributed by atoms with van der Waals surface area (Å²) < 4.78 is 13.8. The van der Waals surface area contributed by atoms with Crippen molar-refractivity contribution in [1.29, 1.82) is 0 Å². The fourth-order valence-electron chi connectivity index (χ4n) is 1.66. The Bertz CT molecular complexity index is 541. The molecule has 1 aromatic carbocycles. The quantitative estimate of drug-likeness (QED) is 0.880. The van der Waals surface area contributed by atoms with Crippen LogP contribution in [0.1, 0.15) is 23.7 Å². The molecule has 18 heavy (non-hydrogen) atoms. The Labute approximate surface area is 106 Å². The highest BCUT2D eigenvalue weighted by atomic mass is 35.5. The Morgan fingerprint density at radius 1 is 1.56 bits per heavy atom. The van der Waals surface area contributed by atoms with Gasteiger partial charge in [-0.25, -0.2) is 4.39 Å². The number of rotatable bonds is 4. The molecule has 0 bridgehead atoms. The van der Waals surface area contributed by atoms with Crippen LogP contribution >= 0.6 is 11.6 Å². The summed E-state index contributed by atoms with van der Waals surface area (Å²) in [5.41, 5.74) is 0.0583. The first-order valence-corrected chi connectivity index (χ1v) is 5.36. The van der Waals surface area contributed by atoms with Crippen LogP contribution in [0, 0.1) is 5.82 Å². The van der Waals surface area contributed by atoms with Gasteiger partial charge in [0.2, 0.25) is 0 Å². The number of nitrogens with zero attached hydrogens (tertiary/aromatic N) is 3. The maximum atomic E-state index is 13.8. The predicted molar refractivity (Wildman–Crippen MR) is 59.7 cm³/mol. The summed E-state index contributed by atoms with van der Waals surface area (Å²) in [7, 11) is 0. The minimum Gasteiger partial charge on any atom is -0.481 e. The first kappa shape index (κ1) is 12.4. The number of H-pyrrole nitrogens is 1. The lowest BCUT2D eigenvalue weighted by molar-refractivity contribution is -0.137. The summed E-state index contributed by atoms with van der Waals surface area (Å²) in [6, 6.07) is 4.13. The predicted octanol–water partition coefficient (Wildman–Crippen LogP) is 1.60. The molecule has 0 aliphatic rings. The molecular formula is C10H8ClFN4O2. The molecule has 1 heterocycles. The van der Waals surface area contributed by atoms with Gasteiger partial charge in [-0.15, -0.1) is 10.2 Å². The van der Waals surface area contributed by atoms with Crippen molar-refractivity contribution in [1.82, 2.24) is 20.6 Å². The van der Waals surface area contributed by atoms with E-state index in [1.165, 1.54) is 18.2 Å². The number of carboxylic acid groups (broad SMARTS) is 1. The molecular weight excluding hydrogens is 263 g/mol. The lowest BCUT2D eigenvalue weighted by Gasteiger charge is -2.13. The van der Waals surface area contributed by atoms with Crippen molar-refractivity contribution >= 4 is 17.6 Å². The average molecular weight is 271 g/mol. The van der Waals surface area contributed by atoms with Crippen LogP contribution in [0.2, 0.25) is 5.02 Å². The summed E-state index contributed by atoms with van der Waals surface area (Å²) in [5.74, 6) is -2.50. The highest BCUT2D eigenvalue weighted by molar-refractivity contribution is 6.31. The third-order valence-corrected chi connectivity index (χ3v) is 2.73. The average Bonchev–Trinajstić information content (AvgIpc) is 2.80. The molecule has 94 valence electrons. The minimum atomic E-state index is -1.11. The zero-order chi connectivity index (χ0) is 13.1. The van der Waals surface area contributed by atoms with E-state index in [1.54, 1.807) is 0 Å². The molecule has 0 aliphatic heterocycles. The van der Waals surface area contributed by atoms with Crippen molar-refractivity contribution in [2.75, 3.05) is 0 Å². The van der Waals surface area contributed by atoms with E-state index in [0.717, 1.165) is 0 Å². The summed E-state index contributed by atoms with van der Waals surface area (Å²) >= 11 is 5.91. The van der Waals surface area contributed by atoms with Crippen molar-refractivity contribution in [3.05, 3.63) is 40.4 Å². The van der Waals surface area contributed by atoms with Gasteiger partial charge in [-0.2, -0.15) is 5.21 Å². The van der Waals surface area contributed by atoms with E-state index in [-0.39, 0.29) is 22.8 Å². The molecule has 1 atom stereocenters. The maximum Gasteiger partial charge on any atom is 0.304 e. The van der Waals surface area contributed by atoms with Gasteiger partial charge in [-0.05, 0) is 12.1 Å². The standard InChI is InChI=1S/C10H8ClFN4O2/c11-6-2-1-3-7(12)9(6)5(4-8(17)18)10-13-15-16-14-10/h1-3,5H,4H2,(H,17,18)(H,13,14,15,16). The van der Waals surface area contributed by atoms with Gasteiger partial charge in [0.05, 0.1) is 12.3 Å². The van der Waals surface area contributed by atoms with Gasteiger partial charge >= 0.3 is 5.97 Å². The lowest BCUT2D eigenvalue weighted by atomic mass is 9.94. The molecule has 2 aromatic rings. The lowest BCUT2D eigenvalue weighted by Crippen LogP contribution is -2.12. The Morgan fingerprint density at radius 2 is 2.33 bits per heavy atom. The normalized spacial score (nSPS) is 12.3. The number of carbonyl (C=O) groups is 1.